The fourth-order valence-electron chi connectivity index (χ4n) is 0.993. The number of hydrogen-bond donors (Lipinski definition) is 1. The second-order valence-corrected chi connectivity index (χ2v) is 3.28. The van der Waals surface area contributed by atoms with E-state index in [-0.39, 0.29) is 0 Å². The molecular formula is C7H15NO. The molecule has 0 bridgehead atoms. The molecule has 1 aliphatic rings. The Hall–Kier alpha value is -0.0800. The predicted molar refractivity (Wildman–Crippen MR) is 37.1 cm³/mol. The lowest BCUT2D eigenvalue weighted by Gasteiger charge is -2.42. The molecule has 0 unspecified atom stereocenters. The van der Waals surface area contributed by atoms with Crippen molar-refractivity contribution >= 4 is 0 Å². The van der Waals surface area contributed by atoms with Crippen molar-refractivity contribution < 1.29 is 4.74 Å². The van der Waals surface area contributed by atoms with Crippen LogP contribution in [-0.2, 0) is 4.74 Å². The largest absolute Gasteiger partial charge is 0.380 e. The Kier molecular flexibility index (Phi) is 1.78. The summed E-state index contributed by atoms with van der Waals surface area (Å²) >= 11 is 0. The van der Waals surface area contributed by atoms with Gasteiger partial charge in [-0.2, -0.15) is 0 Å². The molecule has 0 aliphatic carbocycles. The number of nitrogens with two attached hydrogens (primary N) is 1. The fraction of sp³-hybridized carbons (Fsp3) is 1.00. The standard InChI is InChI=1S/C7H15NO/c1-6(3-8)7(2)4-9-5-7/h6H,3-5,8H2,1-2H3/t6-/m1/s1. The van der Waals surface area contributed by atoms with Gasteiger partial charge in [-0.3, -0.25) is 0 Å². The zero-order valence-electron chi connectivity index (χ0n) is 6.18. The maximum atomic E-state index is 5.51. The Labute approximate surface area is 56.4 Å². The molecule has 0 spiro atoms. The Morgan fingerprint density at radius 3 is 2.33 bits per heavy atom. The SMILES string of the molecule is C[C@H](CN)C1(C)COC1. The highest BCUT2D eigenvalue weighted by atomic mass is 16.5. The minimum absolute atomic E-state index is 0.384. The summed E-state index contributed by atoms with van der Waals surface area (Å²) in [7, 11) is 0. The summed E-state index contributed by atoms with van der Waals surface area (Å²) < 4.78 is 5.11. The number of ether oxygens (including phenoxy) is 1. The summed E-state index contributed by atoms with van der Waals surface area (Å²) in [6.45, 7) is 6.98. The van der Waals surface area contributed by atoms with Crippen molar-refractivity contribution in [2.45, 2.75) is 13.8 Å². The van der Waals surface area contributed by atoms with Gasteiger partial charge in [-0.25, -0.2) is 0 Å². The monoisotopic (exact) mass is 129 g/mol. The summed E-state index contributed by atoms with van der Waals surface area (Å²) in [5.74, 6) is 0.603. The Morgan fingerprint density at radius 2 is 2.22 bits per heavy atom. The lowest BCUT2D eigenvalue weighted by molar-refractivity contribution is -0.128. The van der Waals surface area contributed by atoms with Crippen LogP contribution in [0, 0.1) is 11.3 Å². The van der Waals surface area contributed by atoms with Crippen LogP contribution in [0.1, 0.15) is 13.8 Å². The minimum atomic E-state index is 0.384. The highest BCUT2D eigenvalue weighted by Crippen LogP contribution is 2.34. The van der Waals surface area contributed by atoms with Crippen LogP contribution in [0.4, 0.5) is 0 Å². The van der Waals surface area contributed by atoms with E-state index < -0.39 is 0 Å². The van der Waals surface area contributed by atoms with Crippen molar-refractivity contribution in [1.82, 2.24) is 0 Å². The van der Waals surface area contributed by atoms with Crippen molar-refractivity contribution in [1.29, 1.82) is 0 Å². The third kappa shape index (κ3) is 1.10. The van der Waals surface area contributed by atoms with Gasteiger partial charge in [0.25, 0.3) is 0 Å². The van der Waals surface area contributed by atoms with Gasteiger partial charge in [0.1, 0.15) is 0 Å². The van der Waals surface area contributed by atoms with Gasteiger partial charge in [-0.15, -0.1) is 0 Å². The van der Waals surface area contributed by atoms with Crippen LogP contribution in [0.3, 0.4) is 0 Å². The summed E-state index contributed by atoms with van der Waals surface area (Å²) in [6.07, 6.45) is 0. The van der Waals surface area contributed by atoms with Gasteiger partial charge in [0.15, 0.2) is 0 Å². The molecule has 1 heterocycles. The van der Waals surface area contributed by atoms with Crippen LogP contribution < -0.4 is 5.73 Å². The van der Waals surface area contributed by atoms with Crippen molar-refractivity contribution in [3.05, 3.63) is 0 Å². The van der Waals surface area contributed by atoms with Gasteiger partial charge >= 0.3 is 0 Å². The highest BCUT2D eigenvalue weighted by molar-refractivity contribution is 4.85. The van der Waals surface area contributed by atoms with E-state index in [1.54, 1.807) is 0 Å². The molecule has 0 amide bonds. The molecule has 0 saturated carbocycles. The van der Waals surface area contributed by atoms with Gasteiger partial charge in [-0.05, 0) is 12.5 Å². The average molecular weight is 129 g/mol. The van der Waals surface area contributed by atoms with Gasteiger partial charge in [0.05, 0.1) is 13.2 Å². The Bertz CT molecular complexity index is 99.1. The molecule has 1 saturated heterocycles. The molecule has 0 aromatic heterocycles. The molecule has 1 atom stereocenters. The molecule has 2 heteroatoms. The summed E-state index contributed by atoms with van der Waals surface area (Å²) in [5, 5.41) is 0. The van der Waals surface area contributed by atoms with Gasteiger partial charge in [-0.1, -0.05) is 13.8 Å². The lowest BCUT2D eigenvalue weighted by Crippen LogP contribution is -2.47. The van der Waals surface area contributed by atoms with Crippen molar-refractivity contribution in [3.63, 3.8) is 0 Å². The molecular weight excluding hydrogens is 114 g/mol. The van der Waals surface area contributed by atoms with Crippen LogP contribution in [0.25, 0.3) is 0 Å². The van der Waals surface area contributed by atoms with Crippen LogP contribution >= 0.6 is 0 Å². The molecule has 1 aliphatic heterocycles. The van der Waals surface area contributed by atoms with E-state index in [1.807, 2.05) is 0 Å². The first kappa shape index (κ1) is 7.03. The van der Waals surface area contributed by atoms with E-state index in [0.29, 0.717) is 11.3 Å². The maximum Gasteiger partial charge on any atom is 0.0545 e. The molecule has 1 rings (SSSR count). The van der Waals surface area contributed by atoms with E-state index in [2.05, 4.69) is 13.8 Å². The van der Waals surface area contributed by atoms with E-state index in [1.165, 1.54) is 0 Å². The first-order valence-corrected chi connectivity index (χ1v) is 3.47. The molecule has 2 N–H and O–H groups in total. The maximum absolute atomic E-state index is 5.51. The van der Waals surface area contributed by atoms with E-state index in [9.17, 15) is 0 Å². The van der Waals surface area contributed by atoms with Gasteiger partial charge < -0.3 is 10.5 Å². The summed E-state index contributed by atoms with van der Waals surface area (Å²) in [5.41, 5.74) is 5.90. The summed E-state index contributed by atoms with van der Waals surface area (Å²) in [4.78, 5) is 0. The van der Waals surface area contributed by atoms with Crippen molar-refractivity contribution in [2.24, 2.45) is 17.1 Å². The van der Waals surface area contributed by atoms with Crippen LogP contribution in [-0.4, -0.2) is 19.8 Å². The molecule has 2 nitrogen and oxygen atoms in total. The Balaban J connectivity index is 2.38. The van der Waals surface area contributed by atoms with Gasteiger partial charge in [0.2, 0.25) is 0 Å². The van der Waals surface area contributed by atoms with Gasteiger partial charge in [0, 0.05) is 5.41 Å². The van der Waals surface area contributed by atoms with Crippen molar-refractivity contribution in [3.8, 4) is 0 Å². The highest BCUT2D eigenvalue weighted by Gasteiger charge is 2.37. The lowest BCUT2D eigenvalue weighted by atomic mass is 9.76. The smallest absolute Gasteiger partial charge is 0.0545 e. The van der Waals surface area contributed by atoms with Crippen molar-refractivity contribution in [2.75, 3.05) is 19.8 Å². The second-order valence-electron chi connectivity index (χ2n) is 3.28. The Morgan fingerprint density at radius 1 is 1.67 bits per heavy atom. The third-order valence-corrected chi connectivity index (χ3v) is 2.41. The third-order valence-electron chi connectivity index (χ3n) is 2.41. The zero-order valence-corrected chi connectivity index (χ0v) is 6.18. The van der Waals surface area contributed by atoms with Crippen LogP contribution in [0.5, 0.6) is 0 Å². The second kappa shape index (κ2) is 2.27. The molecule has 54 valence electrons. The van der Waals surface area contributed by atoms with E-state index in [4.69, 9.17) is 10.5 Å². The van der Waals surface area contributed by atoms with E-state index >= 15 is 0 Å². The van der Waals surface area contributed by atoms with Crippen LogP contribution in [0.2, 0.25) is 0 Å². The number of rotatable bonds is 2. The molecule has 0 aromatic carbocycles. The summed E-state index contributed by atoms with van der Waals surface area (Å²) in [6, 6.07) is 0. The first-order chi connectivity index (χ1) is 4.19. The molecule has 0 radical (unpaired) electrons. The van der Waals surface area contributed by atoms with E-state index in [0.717, 1.165) is 19.8 Å². The average Bonchev–Trinajstić information content (AvgIpc) is 1.81. The first-order valence-electron chi connectivity index (χ1n) is 3.47. The fourth-order valence-corrected chi connectivity index (χ4v) is 0.993. The number of hydrogen-bond acceptors (Lipinski definition) is 2. The molecule has 0 aromatic rings. The van der Waals surface area contributed by atoms with Crippen LogP contribution in [0.15, 0.2) is 0 Å². The minimum Gasteiger partial charge on any atom is -0.380 e. The normalized spacial score (nSPS) is 27.0. The molecule has 1 fully saturated rings. The quantitative estimate of drug-likeness (QED) is 0.593. The topological polar surface area (TPSA) is 35.2 Å². The predicted octanol–water partition coefficient (Wildman–Crippen LogP) is 0.618. The molecule has 9 heavy (non-hydrogen) atoms. The zero-order chi connectivity index (χ0) is 6.91.